The molecule has 1 fully saturated rings. The molecule has 0 aliphatic heterocycles. The molecule has 0 heterocycles. The number of unbranched alkanes of at least 4 members (excludes halogenated alkanes) is 1. The van der Waals surface area contributed by atoms with Crippen LogP contribution < -0.4 is 5.32 Å². The zero-order valence-electron chi connectivity index (χ0n) is 11.1. The fourth-order valence-corrected chi connectivity index (χ4v) is 2.29. The first-order valence-corrected chi connectivity index (χ1v) is 6.90. The van der Waals surface area contributed by atoms with E-state index in [9.17, 15) is 4.91 Å². The van der Waals surface area contributed by atoms with Crippen molar-refractivity contribution in [2.75, 3.05) is 13.1 Å². The van der Waals surface area contributed by atoms with Crippen LogP contribution in [0.1, 0.15) is 48.3 Å². The maximum Gasteiger partial charge on any atom is 0.0811 e. The van der Waals surface area contributed by atoms with Crippen molar-refractivity contribution in [3.8, 4) is 0 Å². The Kier molecular flexibility index (Phi) is 4.88. The van der Waals surface area contributed by atoms with Crippen LogP contribution in [0.2, 0.25) is 0 Å². The van der Waals surface area contributed by atoms with Gasteiger partial charge in [-0.3, -0.25) is 0 Å². The maximum absolute atomic E-state index is 9.93. The average Bonchev–Trinajstić information content (AvgIpc) is 3.20. The van der Waals surface area contributed by atoms with Crippen molar-refractivity contribution in [3.63, 3.8) is 0 Å². The molecule has 18 heavy (non-hydrogen) atoms. The molecule has 1 aromatic rings. The average molecular weight is 246 g/mol. The highest BCUT2D eigenvalue weighted by Crippen LogP contribution is 2.41. The summed E-state index contributed by atoms with van der Waals surface area (Å²) >= 11 is 0. The smallest absolute Gasteiger partial charge is 0.0811 e. The van der Waals surface area contributed by atoms with Crippen LogP contribution in [0.4, 0.5) is 0 Å². The molecule has 0 unspecified atom stereocenters. The SMILES string of the molecule is Cc1ccc(CNCCCCN=O)cc1C1CC1. The molecule has 0 saturated heterocycles. The van der Waals surface area contributed by atoms with Gasteiger partial charge >= 0.3 is 0 Å². The Balaban J connectivity index is 1.75. The quantitative estimate of drug-likeness (QED) is 0.563. The van der Waals surface area contributed by atoms with Gasteiger partial charge < -0.3 is 5.32 Å². The zero-order chi connectivity index (χ0) is 12.8. The fourth-order valence-electron chi connectivity index (χ4n) is 2.29. The highest BCUT2D eigenvalue weighted by molar-refractivity contribution is 5.36. The van der Waals surface area contributed by atoms with Crippen LogP contribution in [-0.4, -0.2) is 13.1 Å². The highest BCUT2D eigenvalue weighted by atomic mass is 16.3. The third-order valence-electron chi connectivity index (χ3n) is 3.54. The van der Waals surface area contributed by atoms with Gasteiger partial charge in [-0.25, -0.2) is 0 Å². The molecule has 1 aromatic carbocycles. The van der Waals surface area contributed by atoms with Crippen LogP contribution in [0.25, 0.3) is 0 Å². The molecular weight excluding hydrogens is 224 g/mol. The van der Waals surface area contributed by atoms with E-state index in [-0.39, 0.29) is 0 Å². The van der Waals surface area contributed by atoms with Gasteiger partial charge in [0.05, 0.1) is 6.54 Å². The van der Waals surface area contributed by atoms with Crippen LogP contribution in [0.15, 0.2) is 23.4 Å². The van der Waals surface area contributed by atoms with E-state index in [1.165, 1.54) is 24.0 Å². The molecule has 0 bridgehead atoms. The van der Waals surface area contributed by atoms with E-state index in [2.05, 4.69) is 35.6 Å². The number of hydrogen-bond donors (Lipinski definition) is 1. The van der Waals surface area contributed by atoms with Gasteiger partial charge in [0.1, 0.15) is 0 Å². The van der Waals surface area contributed by atoms with Crippen LogP contribution >= 0.6 is 0 Å². The lowest BCUT2D eigenvalue weighted by molar-refractivity contribution is 0.627. The second-order valence-electron chi connectivity index (χ2n) is 5.20. The number of nitrogens with one attached hydrogen (secondary N) is 1. The van der Waals surface area contributed by atoms with E-state index in [1.807, 2.05) is 0 Å². The van der Waals surface area contributed by atoms with Crippen LogP contribution in [0.5, 0.6) is 0 Å². The highest BCUT2D eigenvalue weighted by Gasteiger charge is 2.24. The maximum atomic E-state index is 9.93. The number of nitroso groups, excluding NO2 is 1. The van der Waals surface area contributed by atoms with Gasteiger partial charge in [-0.05, 0) is 61.8 Å². The Morgan fingerprint density at radius 3 is 2.89 bits per heavy atom. The molecule has 0 radical (unpaired) electrons. The Hall–Kier alpha value is -1.22. The number of aryl methyl sites for hydroxylation is 1. The van der Waals surface area contributed by atoms with E-state index in [1.54, 1.807) is 5.56 Å². The van der Waals surface area contributed by atoms with E-state index in [4.69, 9.17) is 0 Å². The molecule has 3 heteroatoms. The van der Waals surface area contributed by atoms with Gasteiger partial charge in [0.15, 0.2) is 0 Å². The Morgan fingerprint density at radius 2 is 2.17 bits per heavy atom. The van der Waals surface area contributed by atoms with E-state index in [0.717, 1.165) is 31.8 Å². The van der Waals surface area contributed by atoms with Gasteiger partial charge in [-0.1, -0.05) is 23.4 Å². The van der Waals surface area contributed by atoms with Crippen molar-refractivity contribution < 1.29 is 0 Å². The first-order valence-electron chi connectivity index (χ1n) is 6.90. The molecule has 0 spiro atoms. The summed E-state index contributed by atoms with van der Waals surface area (Å²) in [6.45, 7) is 4.53. The number of hydrogen-bond acceptors (Lipinski definition) is 3. The van der Waals surface area contributed by atoms with Crippen LogP contribution in [0.3, 0.4) is 0 Å². The van der Waals surface area contributed by atoms with E-state index >= 15 is 0 Å². The minimum Gasteiger partial charge on any atom is -0.313 e. The predicted molar refractivity (Wildman–Crippen MR) is 74.8 cm³/mol. The molecule has 1 saturated carbocycles. The molecule has 0 atom stereocenters. The van der Waals surface area contributed by atoms with Gasteiger partial charge in [-0.2, -0.15) is 4.91 Å². The first kappa shape index (κ1) is 13.2. The minimum absolute atomic E-state index is 0.442. The fraction of sp³-hybridized carbons (Fsp3) is 0.600. The lowest BCUT2D eigenvalue weighted by Gasteiger charge is -2.09. The lowest BCUT2D eigenvalue weighted by Crippen LogP contribution is -2.15. The summed E-state index contributed by atoms with van der Waals surface area (Å²) in [5, 5.41) is 6.28. The van der Waals surface area contributed by atoms with Gasteiger partial charge in [0.25, 0.3) is 0 Å². The molecule has 1 aliphatic carbocycles. The second kappa shape index (κ2) is 6.64. The molecule has 98 valence electrons. The first-order chi connectivity index (χ1) is 8.81. The standard InChI is InChI=1S/C15H22N2O/c1-12-4-5-13(10-15(12)14-6-7-14)11-16-8-2-3-9-17-18/h4-5,10,14,16H,2-3,6-9,11H2,1H3. The predicted octanol–water partition coefficient (Wildman–Crippen LogP) is 3.51. The molecular formula is C15H22N2O. The Labute approximate surface area is 109 Å². The van der Waals surface area contributed by atoms with Crippen molar-refractivity contribution in [2.45, 2.75) is 45.1 Å². The molecule has 1 N–H and O–H groups in total. The third kappa shape index (κ3) is 3.91. The number of nitrogens with zero attached hydrogens (tertiary/aromatic N) is 1. The third-order valence-corrected chi connectivity index (χ3v) is 3.54. The summed E-state index contributed by atoms with van der Waals surface area (Å²) in [5.74, 6) is 0.823. The Morgan fingerprint density at radius 1 is 1.33 bits per heavy atom. The summed E-state index contributed by atoms with van der Waals surface area (Å²) in [6.07, 6.45) is 4.62. The molecule has 0 aromatic heterocycles. The van der Waals surface area contributed by atoms with Crippen molar-refractivity contribution >= 4 is 0 Å². The van der Waals surface area contributed by atoms with Gasteiger partial charge in [0.2, 0.25) is 0 Å². The van der Waals surface area contributed by atoms with Gasteiger partial charge in [-0.15, -0.1) is 0 Å². The van der Waals surface area contributed by atoms with E-state index < -0.39 is 0 Å². The monoisotopic (exact) mass is 246 g/mol. The summed E-state index contributed by atoms with van der Waals surface area (Å²) in [6, 6.07) is 6.80. The number of benzene rings is 1. The normalized spacial score (nSPS) is 14.7. The minimum atomic E-state index is 0.442. The van der Waals surface area contributed by atoms with Crippen molar-refractivity contribution in [1.29, 1.82) is 0 Å². The van der Waals surface area contributed by atoms with E-state index in [0.29, 0.717) is 6.54 Å². The number of rotatable bonds is 8. The summed E-state index contributed by atoms with van der Waals surface area (Å²) in [5.41, 5.74) is 4.34. The summed E-state index contributed by atoms with van der Waals surface area (Å²) in [4.78, 5) is 9.93. The largest absolute Gasteiger partial charge is 0.313 e. The van der Waals surface area contributed by atoms with Crippen LogP contribution in [0, 0.1) is 11.8 Å². The van der Waals surface area contributed by atoms with Crippen molar-refractivity contribution in [1.82, 2.24) is 5.32 Å². The summed E-state index contributed by atoms with van der Waals surface area (Å²) in [7, 11) is 0. The Bertz CT molecular complexity index is 399. The van der Waals surface area contributed by atoms with Crippen molar-refractivity contribution in [3.05, 3.63) is 39.8 Å². The lowest BCUT2D eigenvalue weighted by atomic mass is 10.0. The molecule has 2 rings (SSSR count). The molecule has 0 amide bonds. The van der Waals surface area contributed by atoms with Gasteiger partial charge in [0, 0.05) is 6.54 Å². The topological polar surface area (TPSA) is 41.5 Å². The zero-order valence-corrected chi connectivity index (χ0v) is 11.1. The van der Waals surface area contributed by atoms with Crippen LogP contribution in [-0.2, 0) is 6.54 Å². The second-order valence-corrected chi connectivity index (χ2v) is 5.20. The summed E-state index contributed by atoms with van der Waals surface area (Å²) < 4.78 is 0. The molecule has 3 nitrogen and oxygen atoms in total. The molecule has 1 aliphatic rings. The van der Waals surface area contributed by atoms with Crippen molar-refractivity contribution in [2.24, 2.45) is 5.18 Å².